The number of carbonyl (C=O) groups is 1. The van der Waals surface area contributed by atoms with E-state index in [0.717, 1.165) is 17.4 Å². The molecule has 0 spiro atoms. The van der Waals surface area contributed by atoms with Crippen LogP contribution in [0.2, 0.25) is 5.02 Å². The topological polar surface area (TPSA) is 62.5 Å². The zero-order chi connectivity index (χ0) is 23.0. The molecule has 0 atom stereocenters. The van der Waals surface area contributed by atoms with Gasteiger partial charge in [0.1, 0.15) is 28.4 Å². The predicted octanol–water partition coefficient (Wildman–Crippen LogP) is 5.82. The first-order valence-corrected chi connectivity index (χ1v) is 10.9. The predicted molar refractivity (Wildman–Crippen MR) is 129 cm³/mol. The Hall–Kier alpha value is -2.59. The van der Waals surface area contributed by atoms with Gasteiger partial charge in [0.2, 0.25) is 0 Å². The van der Waals surface area contributed by atoms with Crippen molar-refractivity contribution in [2.75, 3.05) is 32.1 Å². The minimum Gasteiger partial charge on any atom is -0.360 e. The van der Waals surface area contributed by atoms with Crippen molar-refractivity contribution < 1.29 is 18.1 Å². The first kappa shape index (κ1) is 25.0. The summed E-state index contributed by atoms with van der Waals surface area (Å²) in [7, 11) is 3.74. The van der Waals surface area contributed by atoms with Crippen molar-refractivity contribution in [3.63, 3.8) is 0 Å². The molecular formula is C22H20Cl2F2N4O2S. The maximum absolute atomic E-state index is 14.3. The normalized spacial score (nSPS) is 11.1. The Labute approximate surface area is 204 Å². The molecule has 0 aliphatic rings. The Bertz CT molecular complexity index is 1310. The molecule has 0 aliphatic carbocycles. The van der Waals surface area contributed by atoms with Crippen LogP contribution in [0.25, 0.3) is 21.5 Å². The van der Waals surface area contributed by atoms with Crippen LogP contribution in [0.15, 0.2) is 40.9 Å². The van der Waals surface area contributed by atoms with E-state index in [1.165, 1.54) is 11.0 Å². The van der Waals surface area contributed by atoms with E-state index < -0.39 is 17.5 Å². The number of hydrogen-bond donors (Lipinski definition) is 0. The number of halogens is 4. The maximum Gasteiger partial charge on any atom is 0.266 e. The van der Waals surface area contributed by atoms with Crippen LogP contribution in [0.4, 0.5) is 13.9 Å². The van der Waals surface area contributed by atoms with E-state index in [9.17, 15) is 13.6 Å². The molecule has 0 saturated heterocycles. The number of aromatic nitrogens is 2. The van der Waals surface area contributed by atoms with E-state index in [-0.39, 0.29) is 35.2 Å². The lowest BCUT2D eigenvalue weighted by atomic mass is 10.1. The summed E-state index contributed by atoms with van der Waals surface area (Å²) in [5.74, 6) is -1.58. The third kappa shape index (κ3) is 5.01. The summed E-state index contributed by atoms with van der Waals surface area (Å²) < 4.78 is 33.6. The first-order chi connectivity index (χ1) is 15.3. The lowest BCUT2D eigenvalue weighted by Crippen LogP contribution is -2.37. The van der Waals surface area contributed by atoms with E-state index >= 15 is 0 Å². The number of carbonyl (C=O) groups excluding carboxylic acids is 1. The van der Waals surface area contributed by atoms with Gasteiger partial charge in [-0.3, -0.25) is 9.69 Å². The number of nitrogens with zero attached hydrogens (tertiary/aromatic N) is 4. The zero-order valence-electron chi connectivity index (χ0n) is 17.9. The molecule has 6 nitrogen and oxygen atoms in total. The number of rotatable bonds is 6. The molecule has 4 aromatic rings. The lowest BCUT2D eigenvalue weighted by Gasteiger charge is -2.22. The fourth-order valence-electron chi connectivity index (χ4n) is 3.24. The molecule has 0 fully saturated rings. The summed E-state index contributed by atoms with van der Waals surface area (Å²) in [6, 6.07) is 8.98. The van der Waals surface area contributed by atoms with Crippen LogP contribution < -0.4 is 4.90 Å². The molecule has 2 heterocycles. The number of benzene rings is 2. The Balaban J connectivity index is 0.00000306. The molecule has 0 saturated carbocycles. The van der Waals surface area contributed by atoms with Gasteiger partial charge in [-0.25, -0.2) is 13.8 Å². The van der Waals surface area contributed by atoms with E-state index in [1.807, 2.05) is 19.0 Å². The molecule has 1 amide bonds. The smallest absolute Gasteiger partial charge is 0.266 e. The highest BCUT2D eigenvalue weighted by atomic mass is 35.5. The second-order valence-corrected chi connectivity index (χ2v) is 8.85. The molecule has 4 rings (SSSR count). The van der Waals surface area contributed by atoms with E-state index in [1.54, 1.807) is 31.2 Å². The van der Waals surface area contributed by atoms with Gasteiger partial charge < -0.3 is 9.42 Å². The summed E-state index contributed by atoms with van der Waals surface area (Å²) >= 11 is 7.37. The van der Waals surface area contributed by atoms with E-state index in [0.29, 0.717) is 33.3 Å². The summed E-state index contributed by atoms with van der Waals surface area (Å²) in [4.78, 5) is 21.4. The van der Waals surface area contributed by atoms with Gasteiger partial charge in [-0.2, -0.15) is 0 Å². The van der Waals surface area contributed by atoms with Gasteiger partial charge in [-0.1, -0.05) is 46.3 Å². The number of likely N-dealkylation sites (N-methyl/N-ethyl adjacent to an activating group) is 1. The van der Waals surface area contributed by atoms with Crippen LogP contribution in [0.5, 0.6) is 0 Å². The van der Waals surface area contributed by atoms with Gasteiger partial charge in [-0.15, -0.1) is 12.4 Å². The van der Waals surface area contributed by atoms with Crippen LogP contribution in [-0.4, -0.2) is 48.1 Å². The van der Waals surface area contributed by atoms with Crippen molar-refractivity contribution in [2.45, 2.75) is 6.92 Å². The number of hydrogen-bond acceptors (Lipinski definition) is 6. The molecule has 0 unspecified atom stereocenters. The van der Waals surface area contributed by atoms with Crippen molar-refractivity contribution >= 4 is 56.6 Å². The largest absolute Gasteiger partial charge is 0.360 e. The van der Waals surface area contributed by atoms with E-state index in [2.05, 4.69) is 10.1 Å². The molecule has 2 aromatic carbocycles. The Kier molecular flexibility index (Phi) is 7.69. The highest BCUT2D eigenvalue weighted by molar-refractivity contribution is 7.22. The second-order valence-electron chi connectivity index (χ2n) is 7.43. The monoisotopic (exact) mass is 512 g/mol. The van der Waals surface area contributed by atoms with Crippen molar-refractivity contribution in [1.29, 1.82) is 0 Å². The fourth-order valence-corrected chi connectivity index (χ4v) is 4.50. The second kappa shape index (κ2) is 10.1. The quantitative estimate of drug-likeness (QED) is 0.325. The number of anilines is 1. The van der Waals surface area contributed by atoms with Crippen LogP contribution >= 0.6 is 35.3 Å². The Morgan fingerprint density at radius 3 is 2.61 bits per heavy atom. The van der Waals surface area contributed by atoms with Crippen molar-refractivity contribution in [3.05, 3.63) is 64.4 Å². The van der Waals surface area contributed by atoms with Gasteiger partial charge in [0.15, 0.2) is 10.9 Å². The highest BCUT2D eigenvalue weighted by Crippen LogP contribution is 2.35. The molecule has 2 aromatic heterocycles. The molecule has 174 valence electrons. The third-order valence-electron chi connectivity index (χ3n) is 4.85. The molecule has 0 aliphatic heterocycles. The standard InChI is InChI=1S/C22H19ClF2N4O2S.ClH/c1-12-18(19(27-31-12)14-6-4-5-7-15(14)23)21(30)29(9-8-28(2)3)22-26-20-16(25)10-13(24)11-17(20)32-22;/h4-7,10-11H,8-9H2,1-3H3;1H. The molecule has 0 bridgehead atoms. The number of amides is 1. The van der Waals surface area contributed by atoms with Gasteiger partial charge in [0.05, 0.1) is 9.72 Å². The zero-order valence-corrected chi connectivity index (χ0v) is 20.3. The van der Waals surface area contributed by atoms with Gasteiger partial charge >= 0.3 is 0 Å². The molecule has 33 heavy (non-hydrogen) atoms. The van der Waals surface area contributed by atoms with Crippen molar-refractivity contribution in [3.8, 4) is 11.3 Å². The number of fused-ring (bicyclic) bond motifs is 1. The molecular weight excluding hydrogens is 493 g/mol. The molecule has 11 heteroatoms. The SMILES string of the molecule is Cc1onc(-c2ccccc2Cl)c1C(=O)N(CCN(C)C)c1nc2c(F)cc(F)cc2s1.Cl. The van der Waals surface area contributed by atoms with Crippen LogP contribution in [-0.2, 0) is 0 Å². The first-order valence-electron chi connectivity index (χ1n) is 9.69. The van der Waals surface area contributed by atoms with Crippen LogP contribution in [0.3, 0.4) is 0 Å². The number of thiazole rings is 1. The molecule has 0 N–H and O–H groups in total. The van der Waals surface area contributed by atoms with Crippen molar-refractivity contribution in [2.24, 2.45) is 0 Å². The van der Waals surface area contributed by atoms with Crippen molar-refractivity contribution in [1.82, 2.24) is 15.0 Å². The maximum atomic E-state index is 14.3. The van der Waals surface area contributed by atoms with Crippen LogP contribution in [0.1, 0.15) is 16.1 Å². The fraction of sp³-hybridized carbons (Fsp3) is 0.227. The van der Waals surface area contributed by atoms with Gasteiger partial charge in [-0.05, 0) is 33.2 Å². The average molecular weight is 513 g/mol. The average Bonchev–Trinajstić information content (AvgIpc) is 3.32. The summed E-state index contributed by atoms with van der Waals surface area (Å²) in [6.45, 7) is 2.42. The molecule has 0 radical (unpaired) electrons. The Morgan fingerprint density at radius 1 is 1.18 bits per heavy atom. The van der Waals surface area contributed by atoms with Crippen LogP contribution in [0, 0.1) is 18.6 Å². The summed E-state index contributed by atoms with van der Waals surface area (Å²) in [5, 5.41) is 4.74. The number of aryl methyl sites for hydroxylation is 1. The lowest BCUT2D eigenvalue weighted by molar-refractivity contribution is 0.0984. The van der Waals surface area contributed by atoms with E-state index in [4.69, 9.17) is 16.1 Å². The minimum absolute atomic E-state index is 0. The third-order valence-corrected chi connectivity index (χ3v) is 6.21. The Morgan fingerprint density at radius 2 is 1.91 bits per heavy atom. The van der Waals surface area contributed by atoms with Gasteiger partial charge in [0, 0.05) is 24.7 Å². The summed E-state index contributed by atoms with van der Waals surface area (Å²) in [6.07, 6.45) is 0. The summed E-state index contributed by atoms with van der Waals surface area (Å²) in [5.41, 5.74) is 1.12. The van der Waals surface area contributed by atoms with Gasteiger partial charge in [0.25, 0.3) is 5.91 Å². The highest BCUT2D eigenvalue weighted by Gasteiger charge is 2.30. The minimum atomic E-state index is -0.777.